The third-order valence-electron chi connectivity index (χ3n) is 3.50. The van der Waals surface area contributed by atoms with E-state index in [-0.39, 0.29) is 0 Å². The molecule has 0 saturated carbocycles. The molecule has 0 aliphatic rings. The smallest absolute Gasteiger partial charge is 0.0738 e. The number of aromatic nitrogens is 2. The van der Waals surface area contributed by atoms with E-state index in [0.29, 0.717) is 5.92 Å². The van der Waals surface area contributed by atoms with Crippen LogP contribution in [0.4, 0.5) is 0 Å². The predicted molar refractivity (Wildman–Crippen MR) is 91.5 cm³/mol. The minimum Gasteiger partial charge on any atom is -0.312 e. The molecule has 21 heavy (non-hydrogen) atoms. The minimum atomic E-state index is 0.681. The van der Waals surface area contributed by atoms with Gasteiger partial charge in [0.05, 0.1) is 22.4 Å². The first-order valence-corrected chi connectivity index (χ1v) is 8.24. The number of hydrogen-bond acceptors (Lipinski definition) is 2. The molecule has 1 aromatic heterocycles. The highest BCUT2D eigenvalue weighted by molar-refractivity contribution is 9.10. The van der Waals surface area contributed by atoms with Crippen molar-refractivity contribution >= 4 is 15.9 Å². The molecule has 0 fully saturated rings. The van der Waals surface area contributed by atoms with Crippen molar-refractivity contribution in [3.05, 3.63) is 51.3 Å². The zero-order chi connectivity index (χ0) is 15.4. The molecule has 0 atom stereocenters. The van der Waals surface area contributed by atoms with E-state index in [0.717, 1.165) is 29.8 Å². The standard InChI is InChI=1S/C17H24BrN3/c1-12(2)9-19-10-15-6-5-7-16(8-15)11-21-14(4)17(18)13(3)20-21/h5-8,12,19H,9-11H2,1-4H3. The predicted octanol–water partition coefficient (Wildman–Crippen LogP) is 4.06. The van der Waals surface area contributed by atoms with Crippen LogP contribution in [0.2, 0.25) is 0 Å². The molecule has 0 bridgehead atoms. The number of nitrogens with one attached hydrogen (secondary N) is 1. The van der Waals surface area contributed by atoms with Crippen molar-refractivity contribution in [1.29, 1.82) is 0 Å². The molecule has 2 aromatic rings. The van der Waals surface area contributed by atoms with Crippen molar-refractivity contribution in [1.82, 2.24) is 15.1 Å². The van der Waals surface area contributed by atoms with Gasteiger partial charge in [-0.05, 0) is 53.4 Å². The Kier molecular flexibility index (Phi) is 5.59. The van der Waals surface area contributed by atoms with E-state index in [1.54, 1.807) is 0 Å². The Bertz CT molecular complexity index is 602. The lowest BCUT2D eigenvalue weighted by Gasteiger charge is -2.10. The maximum atomic E-state index is 4.57. The van der Waals surface area contributed by atoms with Gasteiger partial charge in [0.15, 0.2) is 0 Å². The second kappa shape index (κ2) is 7.23. The first-order chi connectivity index (χ1) is 9.97. The Hall–Kier alpha value is -1.13. The van der Waals surface area contributed by atoms with Crippen LogP contribution >= 0.6 is 15.9 Å². The monoisotopic (exact) mass is 349 g/mol. The maximum absolute atomic E-state index is 4.57. The Labute approximate surface area is 135 Å². The number of aryl methyl sites for hydroxylation is 1. The van der Waals surface area contributed by atoms with Crippen molar-refractivity contribution < 1.29 is 0 Å². The molecule has 1 heterocycles. The molecule has 0 radical (unpaired) electrons. The van der Waals surface area contributed by atoms with Crippen LogP contribution in [0.3, 0.4) is 0 Å². The molecule has 1 aromatic carbocycles. The summed E-state index contributed by atoms with van der Waals surface area (Å²) in [7, 11) is 0. The molecule has 0 amide bonds. The zero-order valence-corrected chi connectivity index (χ0v) is 14.9. The summed E-state index contributed by atoms with van der Waals surface area (Å²) in [6.07, 6.45) is 0. The summed E-state index contributed by atoms with van der Waals surface area (Å²) < 4.78 is 3.16. The van der Waals surface area contributed by atoms with Crippen molar-refractivity contribution in [2.75, 3.05) is 6.54 Å². The van der Waals surface area contributed by atoms with E-state index in [9.17, 15) is 0 Å². The highest BCUT2D eigenvalue weighted by Gasteiger charge is 2.09. The Balaban J connectivity index is 2.05. The van der Waals surface area contributed by atoms with Gasteiger partial charge in [-0.1, -0.05) is 38.1 Å². The summed E-state index contributed by atoms with van der Waals surface area (Å²) in [5.74, 6) is 0.681. The van der Waals surface area contributed by atoms with Crippen LogP contribution < -0.4 is 5.32 Å². The van der Waals surface area contributed by atoms with Gasteiger partial charge in [0, 0.05) is 6.54 Å². The first kappa shape index (κ1) is 16.2. The van der Waals surface area contributed by atoms with Crippen LogP contribution in [0.25, 0.3) is 0 Å². The third-order valence-corrected chi connectivity index (χ3v) is 4.65. The Morgan fingerprint density at radius 1 is 1.24 bits per heavy atom. The zero-order valence-electron chi connectivity index (χ0n) is 13.3. The van der Waals surface area contributed by atoms with Crippen LogP contribution in [0.15, 0.2) is 28.7 Å². The highest BCUT2D eigenvalue weighted by Crippen LogP contribution is 2.20. The fourth-order valence-corrected chi connectivity index (χ4v) is 2.63. The molecule has 2 rings (SSSR count). The molecule has 1 N–H and O–H groups in total. The number of rotatable bonds is 6. The summed E-state index contributed by atoms with van der Waals surface area (Å²) in [4.78, 5) is 0. The number of nitrogens with zero attached hydrogens (tertiary/aromatic N) is 2. The molecule has 0 aliphatic heterocycles. The lowest BCUT2D eigenvalue weighted by atomic mass is 10.1. The van der Waals surface area contributed by atoms with Crippen LogP contribution in [0, 0.1) is 19.8 Å². The van der Waals surface area contributed by atoms with Gasteiger partial charge >= 0.3 is 0 Å². The summed E-state index contributed by atoms with van der Waals surface area (Å²) in [6, 6.07) is 8.73. The molecular formula is C17H24BrN3. The number of benzene rings is 1. The molecule has 3 nitrogen and oxygen atoms in total. The Morgan fingerprint density at radius 3 is 2.57 bits per heavy atom. The average Bonchev–Trinajstić information content (AvgIpc) is 2.66. The topological polar surface area (TPSA) is 29.9 Å². The third kappa shape index (κ3) is 4.42. The van der Waals surface area contributed by atoms with Gasteiger partial charge in [0.2, 0.25) is 0 Å². The van der Waals surface area contributed by atoms with E-state index in [1.165, 1.54) is 16.8 Å². The lowest BCUT2D eigenvalue weighted by Crippen LogP contribution is -2.19. The Morgan fingerprint density at radius 2 is 1.95 bits per heavy atom. The maximum Gasteiger partial charge on any atom is 0.0738 e. The van der Waals surface area contributed by atoms with E-state index < -0.39 is 0 Å². The van der Waals surface area contributed by atoms with Gasteiger partial charge in [-0.3, -0.25) is 4.68 Å². The highest BCUT2D eigenvalue weighted by atomic mass is 79.9. The van der Waals surface area contributed by atoms with Gasteiger partial charge in [0.25, 0.3) is 0 Å². The van der Waals surface area contributed by atoms with Gasteiger partial charge in [-0.2, -0.15) is 5.10 Å². The van der Waals surface area contributed by atoms with Gasteiger partial charge < -0.3 is 5.32 Å². The molecule has 4 heteroatoms. The SMILES string of the molecule is Cc1nn(Cc2cccc(CNCC(C)C)c2)c(C)c1Br. The largest absolute Gasteiger partial charge is 0.312 e. The van der Waals surface area contributed by atoms with E-state index in [4.69, 9.17) is 0 Å². The van der Waals surface area contributed by atoms with Crippen LogP contribution in [-0.4, -0.2) is 16.3 Å². The summed E-state index contributed by atoms with van der Waals surface area (Å²) >= 11 is 3.58. The fourth-order valence-electron chi connectivity index (χ4n) is 2.35. The lowest BCUT2D eigenvalue weighted by molar-refractivity contribution is 0.552. The van der Waals surface area contributed by atoms with Gasteiger partial charge in [-0.25, -0.2) is 0 Å². The van der Waals surface area contributed by atoms with E-state index >= 15 is 0 Å². The number of hydrogen-bond donors (Lipinski definition) is 1. The van der Waals surface area contributed by atoms with E-state index in [2.05, 4.69) is 76.1 Å². The van der Waals surface area contributed by atoms with Crippen molar-refractivity contribution in [2.24, 2.45) is 5.92 Å². The van der Waals surface area contributed by atoms with Gasteiger partial charge in [-0.15, -0.1) is 0 Å². The molecule has 0 unspecified atom stereocenters. The molecule has 0 spiro atoms. The first-order valence-electron chi connectivity index (χ1n) is 7.45. The second-order valence-corrected chi connectivity index (χ2v) is 6.78. The summed E-state index contributed by atoms with van der Waals surface area (Å²) in [6.45, 7) is 11.4. The van der Waals surface area contributed by atoms with Crippen LogP contribution in [0.5, 0.6) is 0 Å². The minimum absolute atomic E-state index is 0.681. The number of halogens is 1. The van der Waals surface area contributed by atoms with E-state index in [1.807, 2.05) is 6.92 Å². The normalized spacial score (nSPS) is 11.3. The summed E-state index contributed by atoms with van der Waals surface area (Å²) in [5, 5.41) is 8.06. The molecule has 0 aliphatic carbocycles. The van der Waals surface area contributed by atoms with Crippen LogP contribution in [0.1, 0.15) is 36.4 Å². The molecule has 0 saturated heterocycles. The van der Waals surface area contributed by atoms with Gasteiger partial charge in [0.1, 0.15) is 0 Å². The fraction of sp³-hybridized carbons (Fsp3) is 0.471. The van der Waals surface area contributed by atoms with Crippen molar-refractivity contribution in [2.45, 2.75) is 40.8 Å². The van der Waals surface area contributed by atoms with Crippen LogP contribution in [-0.2, 0) is 13.1 Å². The molecular weight excluding hydrogens is 326 g/mol. The second-order valence-electron chi connectivity index (χ2n) is 5.99. The average molecular weight is 350 g/mol. The summed E-state index contributed by atoms with van der Waals surface area (Å²) in [5.41, 5.74) is 4.84. The quantitative estimate of drug-likeness (QED) is 0.852. The molecule has 114 valence electrons. The van der Waals surface area contributed by atoms with Crippen molar-refractivity contribution in [3.8, 4) is 0 Å². The van der Waals surface area contributed by atoms with Crippen molar-refractivity contribution in [3.63, 3.8) is 0 Å².